The molecule has 1 saturated heterocycles. The fraction of sp³-hybridized carbons (Fsp3) is 0.889. The number of hydrogen-bond acceptors (Lipinski definition) is 2. The number of ether oxygens (including phenoxy) is 1. The van der Waals surface area contributed by atoms with Gasteiger partial charge in [0.2, 0.25) is 0 Å². The minimum absolute atomic E-state index is 0.139. The molecule has 0 aromatic heterocycles. The normalized spacial score (nSPS) is 30.6. The molecule has 1 aliphatic heterocycles. The molecule has 0 spiro atoms. The van der Waals surface area contributed by atoms with Crippen molar-refractivity contribution in [3.8, 4) is 0 Å². The predicted molar refractivity (Wildman–Crippen MR) is 44.9 cm³/mol. The molecule has 0 aliphatic carbocycles. The van der Waals surface area contributed by atoms with E-state index in [2.05, 4.69) is 13.8 Å². The SMILES string of the molecule is CC(C)[C@H]1C[C@H](C(=O)O)CCO1. The number of carbonyl (C=O) groups is 1. The minimum Gasteiger partial charge on any atom is -0.481 e. The van der Waals surface area contributed by atoms with Gasteiger partial charge in [-0.2, -0.15) is 0 Å². The van der Waals surface area contributed by atoms with Crippen molar-refractivity contribution in [1.29, 1.82) is 0 Å². The molecule has 0 saturated carbocycles. The van der Waals surface area contributed by atoms with Crippen LogP contribution < -0.4 is 0 Å². The Bertz CT molecular complexity index is 165. The lowest BCUT2D eigenvalue weighted by Gasteiger charge is -2.29. The van der Waals surface area contributed by atoms with Crippen molar-refractivity contribution in [3.05, 3.63) is 0 Å². The molecule has 0 aromatic rings. The summed E-state index contributed by atoms with van der Waals surface area (Å²) >= 11 is 0. The maximum Gasteiger partial charge on any atom is 0.306 e. The molecule has 0 unspecified atom stereocenters. The van der Waals surface area contributed by atoms with Gasteiger partial charge in [-0.3, -0.25) is 4.79 Å². The van der Waals surface area contributed by atoms with Crippen LogP contribution in [-0.2, 0) is 9.53 Å². The number of carboxylic acids is 1. The van der Waals surface area contributed by atoms with Crippen LogP contribution in [0.15, 0.2) is 0 Å². The smallest absolute Gasteiger partial charge is 0.306 e. The van der Waals surface area contributed by atoms with E-state index in [0.29, 0.717) is 25.4 Å². The van der Waals surface area contributed by atoms with Crippen LogP contribution in [0, 0.1) is 11.8 Å². The number of carboxylic acid groups (broad SMARTS) is 1. The van der Waals surface area contributed by atoms with Crippen molar-refractivity contribution >= 4 is 5.97 Å². The summed E-state index contributed by atoms with van der Waals surface area (Å²) in [4.78, 5) is 10.7. The highest BCUT2D eigenvalue weighted by molar-refractivity contribution is 5.70. The van der Waals surface area contributed by atoms with E-state index in [-0.39, 0.29) is 12.0 Å². The van der Waals surface area contributed by atoms with E-state index in [9.17, 15) is 4.79 Å². The lowest BCUT2D eigenvalue weighted by molar-refractivity contribution is -0.148. The molecule has 70 valence electrons. The van der Waals surface area contributed by atoms with Gasteiger partial charge in [-0.1, -0.05) is 13.8 Å². The average Bonchev–Trinajstić information content (AvgIpc) is 2.04. The fourth-order valence-corrected chi connectivity index (χ4v) is 1.52. The molecule has 3 nitrogen and oxygen atoms in total. The second-order valence-electron chi connectivity index (χ2n) is 3.71. The lowest BCUT2D eigenvalue weighted by Crippen LogP contribution is -2.33. The van der Waals surface area contributed by atoms with Gasteiger partial charge in [-0.05, 0) is 18.8 Å². The van der Waals surface area contributed by atoms with Gasteiger partial charge in [0.15, 0.2) is 0 Å². The zero-order chi connectivity index (χ0) is 9.14. The summed E-state index contributed by atoms with van der Waals surface area (Å²) in [5.41, 5.74) is 0. The first-order valence-corrected chi connectivity index (χ1v) is 4.45. The summed E-state index contributed by atoms with van der Waals surface area (Å²) in [6.07, 6.45) is 1.48. The molecule has 1 fully saturated rings. The van der Waals surface area contributed by atoms with Gasteiger partial charge in [0.25, 0.3) is 0 Å². The summed E-state index contributed by atoms with van der Waals surface area (Å²) < 4.78 is 5.46. The van der Waals surface area contributed by atoms with Gasteiger partial charge in [-0.15, -0.1) is 0 Å². The van der Waals surface area contributed by atoms with Crippen LogP contribution in [0.2, 0.25) is 0 Å². The van der Waals surface area contributed by atoms with E-state index in [4.69, 9.17) is 9.84 Å². The van der Waals surface area contributed by atoms with Gasteiger partial charge >= 0.3 is 5.97 Å². The van der Waals surface area contributed by atoms with Crippen molar-refractivity contribution in [2.75, 3.05) is 6.61 Å². The minimum atomic E-state index is -0.677. The molecule has 12 heavy (non-hydrogen) atoms. The Hall–Kier alpha value is -0.570. The number of hydrogen-bond donors (Lipinski definition) is 1. The fourth-order valence-electron chi connectivity index (χ4n) is 1.52. The Balaban J connectivity index is 2.46. The van der Waals surface area contributed by atoms with E-state index in [0.717, 1.165) is 0 Å². The topological polar surface area (TPSA) is 46.5 Å². The van der Waals surface area contributed by atoms with E-state index in [1.165, 1.54) is 0 Å². The Morgan fingerprint density at radius 2 is 2.25 bits per heavy atom. The third-order valence-corrected chi connectivity index (χ3v) is 2.41. The Morgan fingerprint density at radius 1 is 1.58 bits per heavy atom. The zero-order valence-corrected chi connectivity index (χ0v) is 7.62. The van der Waals surface area contributed by atoms with Crippen LogP contribution in [-0.4, -0.2) is 23.8 Å². The van der Waals surface area contributed by atoms with Crippen LogP contribution in [0.25, 0.3) is 0 Å². The van der Waals surface area contributed by atoms with Crippen LogP contribution in [0.1, 0.15) is 26.7 Å². The van der Waals surface area contributed by atoms with Gasteiger partial charge < -0.3 is 9.84 Å². The molecule has 0 radical (unpaired) electrons. The molecule has 1 rings (SSSR count). The summed E-state index contributed by atoms with van der Waals surface area (Å²) in [5.74, 6) is -0.442. The van der Waals surface area contributed by atoms with Crippen molar-refractivity contribution in [3.63, 3.8) is 0 Å². The molecule has 0 aromatic carbocycles. The Labute approximate surface area is 72.7 Å². The first-order chi connectivity index (χ1) is 5.61. The van der Waals surface area contributed by atoms with Gasteiger partial charge in [0.1, 0.15) is 0 Å². The first-order valence-electron chi connectivity index (χ1n) is 4.45. The molecule has 1 aliphatic rings. The summed E-state index contributed by atoms with van der Waals surface area (Å²) in [5, 5.41) is 8.78. The third kappa shape index (κ3) is 2.21. The van der Waals surface area contributed by atoms with E-state index in [1.54, 1.807) is 0 Å². The molecule has 3 heteroatoms. The highest BCUT2D eigenvalue weighted by Crippen LogP contribution is 2.24. The van der Waals surface area contributed by atoms with E-state index in [1.807, 2.05) is 0 Å². The predicted octanol–water partition coefficient (Wildman–Crippen LogP) is 1.52. The molecule has 2 atom stereocenters. The summed E-state index contributed by atoms with van der Waals surface area (Å²) in [6.45, 7) is 4.73. The third-order valence-electron chi connectivity index (χ3n) is 2.41. The van der Waals surface area contributed by atoms with Gasteiger partial charge in [-0.25, -0.2) is 0 Å². The Morgan fingerprint density at radius 3 is 2.75 bits per heavy atom. The van der Waals surface area contributed by atoms with Gasteiger partial charge in [0, 0.05) is 6.61 Å². The monoisotopic (exact) mass is 172 g/mol. The second-order valence-corrected chi connectivity index (χ2v) is 3.71. The largest absolute Gasteiger partial charge is 0.481 e. The highest BCUT2D eigenvalue weighted by Gasteiger charge is 2.28. The van der Waals surface area contributed by atoms with Crippen LogP contribution in [0.3, 0.4) is 0 Å². The maximum absolute atomic E-state index is 10.7. The van der Waals surface area contributed by atoms with Crippen molar-refractivity contribution in [2.24, 2.45) is 11.8 Å². The quantitative estimate of drug-likeness (QED) is 0.687. The maximum atomic E-state index is 10.7. The lowest BCUT2D eigenvalue weighted by atomic mass is 9.90. The average molecular weight is 172 g/mol. The molecule has 1 N–H and O–H groups in total. The van der Waals surface area contributed by atoms with Crippen LogP contribution >= 0.6 is 0 Å². The van der Waals surface area contributed by atoms with Crippen LogP contribution in [0.5, 0.6) is 0 Å². The first kappa shape index (κ1) is 9.52. The van der Waals surface area contributed by atoms with Crippen molar-refractivity contribution in [1.82, 2.24) is 0 Å². The standard InChI is InChI=1S/C9H16O3/c1-6(2)8-5-7(9(10)11)3-4-12-8/h6-8H,3-5H2,1-2H3,(H,10,11)/t7-,8-/m1/s1. The van der Waals surface area contributed by atoms with Gasteiger partial charge in [0.05, 0.1) is 12.0 Å². The molecule has 0 amide bonds. The van der Waals surface area contributed by atoms with Crippen molar-refractivity contribution in [2.45, 2.75) is 32.8 Å². The molecule has 1 heterocycles. The summed E-state index contributed by atoms with van der Waals surface area (Å²) in [7, 11) is 0. The highest BCUT2D eigenvalue weighted by atomic mass is 16.5. The Kier molecular flexibility index (Phi) is 3.09. The molecular formula is C9H16O3. The van der Waals surface area contributed by atoms with E-state index >= 15 is 0 Å². The number of aliphatic carboxylic acids is 1. The zero-order valence-electron chi connectivity index (χ0n) is 7.62. The van der Waals surface area contributed by atoms with Crippen LogP contribution in [0.4, 0.5) is 0 Å². The van der Waals surface area contributed by atoms with Crippen molar-refractivity contribution < 1.29 is 14.6 Å². The molecular weight excluding hydrogens is 156 g/mol. The second kappa shape index (κ2) is 3.90. The molecule has 0 bridgehead atoms. The van der Waals surface area contributed by atoms with E-state index < -0.39 is 5.97 Å². The number of rotatable bonds is 2. The summed E-state index contributed by atoms with van der Waals surface area (Å²) in [6, 6.07) is 0.